The summed E-state index contributed by atoms with van der Waals surface area (Å²) in [6.07, 6.45) is 9.90. The van der Waals surface area contributed by atoms with Crippen LogP contribution in [0.15, 0.2) is 73.6 Å². The molecule has 0 amide bonds. The van der Waals surface area contributed by atoms with E-state index in [2.05, 4.69) is 19.9 Å². The average molecular weight is 379 g/mol. The Bertz CT molecular complexity index is 967. The van der Waals surface area contributed by atoms with Crippen LogP contribution in [0.25, 0.3) is 33.6 Å². The van der Waals surface area contributed by atoms with Gasteiger partial charge in [-0.25, -0.2) is 0 Å². The van der Waals surface area contributed by atoms with Crippen LogP contribution >= 0.6 is 23.2 Å². The second-order valence-corrected chi connectivity index (χ2v) is 6.27. The van der Waals surface area contributed by atoms with Gasteiger partial charge in [-0.05, 0) is 0 Å². The summed E-state index contributed by atoms with van der Waals surface area (Å²) in [7, 11) is 0. The fraction of sp³-hybridized carbons (Fsp3) is 0. The first-order valence-electron chi connectivity index (χ1n) is 7.86. The maximum absolute atomic E-state index is 6.69. The zero-order chi connectivity index (χ0) is 17.9. The second-order valence-electron chi connectivity index (χ2n) is 5.52. The molecule has 126 valence electrons. The smallest absolute Gasteiger partial charge is 0.0900 e. The summed E-state index contributed by atoms with van der Waals surface area (Å²) in [4.78, 5) is 16.9. The molecule has 0 saturated heterocycles. The van der Waals surface area contributed by atoms with E-state index in [1.165, 1.54) is 0 Å². The summed E-state index contributed by atoms with van der Waals surface area (Å²) < 4.78 is 0. The van der Waals surface area contributed by atoms with Gasteiger partial charge in [0, 0.05) is 47.0 Å². The molecule has 6 heteroatoms. The summed E-state index contributed by atoms with van der Waals surface area (Å²) in [5.74, 6) is 0. The van der Waals surface area contributed by atoms with Crippen molar-refractivity contribution in [3.8, 4) is 33.6 Å². The van der Waals surface area contributed by atoms with Crippen molar-refractivity contribution < 1.29 is 0 Å². The maximum atomic E-state index is 6.69. The number of aromatic nitrogens is 4. The molecular weight excluding hydrogens is 367 g/mol. The number of hydrogen-bond donors (Lipinski definition) is 0. The van der Waals surface area contributed by atoms with Crippen molar-refractivity contribution >= 4 is 23.2 Å². The first-order valence-corrected chi connectivity index (χ1v) is 8.61. The number of rotatable bonds is 3. The predicted molar refractivity (Wildman–Crippen MR) is 104 cm³/mol. The quantitative estimate of drug-likeness (QED) is 0.467. The van der Waals surface area contributed by atoms with Crippen LogP contribution < -0.4 is 0 Å². The van der Waals surface area contributed by atoms with E-state index in [4.69, 9.17) is 23.2 Å². The van der Waals surface area contributed by atoms with Crippen molar-refractivity contribution in [3.05, 3.63) is 83.6 Å². The van der Waals surface area contributed by atoms with Crippen molar-refractivity contribution in [2.45, 2.75) is 0 Å². The lowest BCUT2D eigenvalue weighted by atomic mass is 9.99. The molecule has 0 fully saturated rings. The zero-order valence-electron chi connectivity index (χ0n) is 13.5. The largest absolute Gasteiger partial charge is 0.261 e. The number of nitrogens with zero attached hydrogens (tertiary/aromatic N) is 4. The highest BCUT2D eigenvalue weighted by molar-refractivity contribution is 6.39. The number of hydrogen-bond acceptors (Lipinski definition) is 4. The Balaban J connectivity index is 1.87. The molecule has 2 aromatic heterocycles. The monoisotopic (exact) mass is 378 g/mol. The van der Waals surface area contributed by atoms with Crippen LogP contribution in [0.4, 0.5) is 0 Å². The fourth-order valence-electron chi connectivity index (χ4n) is 2.75. The second kappa shape index (κ2) is 7.20. The molecule has 0 atom stereocenters. The van der Waals surface area contributed by atoms with E-state index >= 15 is 0 Å². The van der Waals surface area contributed by atoms with Gasteiger partial charge in [0.05, 0.1) is 33.8 Å². The molecule has 0 N–H and O–H groups in total. The van der Waals surface area contributed by atoms with Crippen LogP contribution in [0.3, 0.4) is 0 Å². The molecule has 0 saturated carbocycles. The van der Waals surface area contributed by atoms with E-state index < -0.39 is 0 Å². The van der Waals surface area contributed by atoms with E-state index in [-0.39, 0.29) is 0 Å². The molecule has 0 aliphatic carbocycles. The van der Waals surface area contributed by atoms with Crippen LogP contribution in [0.1, 0.15) is 0 Å². The molecule has 0 spiro atoms. The molecule has 2 aromatic carbocycles. The molecule has 26 heavy (non-hydrogen) atoms. The first-order chi connectivity index (χ1) is 12.8. The molecule has 0 bridgehead atoms. The summed E-state index contributed by atoms with van der Waals surface area (Å²) in [6.45, 7) is 0. The highest BCUT2D eigenvalue weighted by Gasteiger charge is 2.16. The molecule has 4 aromatic rings. The van der Waals surface area contributed by atoms with E-state index in [1.54, 1.807) is 37.2 Å². The van der Waals surface area contributed by atoms with Crippen LogP contribution in [0.5, 0.6) is 0 Å². The maximum Gasteiger partial charge on any atom is 0.0900 e. The van der Waals surface area contributed by atoms with E-state index in [9.17, 15) is 0 Å². The topological polar surface area (TPSA) is 51.6 Å². The van der Waals surface area contributed by atoms with Crippen LogP contribution in [0, 0.1) is 0 Å². The van der Waals surface area contributed by atoms with Crippen molar-refractivity contribution in [3.63, 3.8) is 0 Å². The third kappa shape index (κ3) is 3.05. The van der Waals surface area contributed by atoms with Gasteiger partial charge in [-0.3, -0.25) is 19.9 Å². The zero-order valence-corrected chi connectivity index (χ0v) is 15.0. The molecular formula is C20H12Cl2N4. The number of benzene rings is 2. The Morgan fingerprint density at radius 1 is 0.538 bits per heavy atom. The van der Waals surface area contributed by atoms with Crippen LogP contribution in [-0.2, 0) is 0 Å². The van der Waals surface area contributed by atoms with Crippen molar-refractivity contribution in [1.29, 1.82) is 0 Å². The molecule has 0 radical (unpaired) electrons. The van der Waals surface area contributed by atoms with Crippen molar-refractivity contribution in [1.82, 2.24) is 19.9 Å². The lowest BCUT2D eigenvalue weighted by Crippen LogP contribution is -1.91. The fourth-order valence-corrected chi connectivity index (χ4v) is 3.40. The standard InChI is InChI=1S/C20H12Cl2N4/c21-19-13(3-1-5-15(19)17-11-23-7-9-25-17)14-4-2-6-16(20(14)22)18-12-24-8-10-26-18/h1-12H. The Morgan fingerprint density at radius 3 is 1.35 bits per heavy atom. The third-order valence-electron chi connectivity index (χ3n) is 3.97. The van der Waals surface area contributed by atoms with E-state index in [0.717, 1.165) is 22.3 Å². The van der Waals surface area contributed by atoms with Gasteiger partial charge in [0.25, 0.3) is 0 Å². The van der Waals surface area contributed by atoms with E-state index in [0.29, 0.717) is 21.4 Å². The Labute approximate surface area is 160 Å². The summed E-state index contributed by atoms with van der Waals surface area (Å²) in [5, 5.41) is 1.15. The SMILES string of the molecule is Clc1c(-c2cnccn2)cccc1-c1cccc(-c2cnccn2)c1Cl. The normalized spacial score (nSPS) is 10.7. The van der Waals surface area contributed by atoms with Gasteiger partial charge in [-0.1, -0.05) is 59.6 Å². The van der Waals surface area contributed by atoms with Gasteiger partial charge >= 0.3 is 0 Å². The lowest BCUT2D eigenvalue weighted by Gasteiger charge is -2.13. The molecule has 2 heterocycles. The third-order valence-corrected chi connectivity index (χ3v) is 4.78. The van der Waals surface area contributed by atoms with Gasteiger partial charge in [0.1, 0.15) is 0 Å². The van der Waals surface area contributed by atoms with Gasteiger partial charge in [-0.2, -0.15) is 0 Å². The van der Waals surface area contributed by atoms with Crippen molar-refractivity contribution in [2.24, 2.45) is 0 Å². The minimum absolute atomic E-state index is 0.575. The Kier molecular flexibility index (Phi) is 4.61. The lowest BCUT2D eigenvalue weighted by molar-refractivity contribution is 1.20. The van der Waals surface area contributed by atoms with Gasteiger partial charge in [0.2, 0.25) is 0 Å². The highest BCUT2D eigenvalue weighted by Crippen LogP contribution is 2.41. The van der Waals surface area contributed by atoms with Gasteiger partial charge in [-0.15, -0.1) is 0 Å². The Morgan fingerprint density at radius 2 is 0.962 bits per heavy atom. The minimum Gasteiger partial charge on any atom is -0.261 e. The van der Waals surface area contributed by atoms with E-state index in [1.807, 2.05) is 36.4 Å². The predicted octanol–water partition coefficient (Wildman–Crippen LogP) is 5.57. The Hall–Kier alpha value is -2.82. The molecule has 4 rings (SSSR count). The molecule has 0 unspecified atom stereocenters. The average Bonchev–Trinajstić information content (AvgIpc) is 2.70. The van der Waals surface area contributed by atoms with Gasteiger partial charge < -0.3 is 0 Å². The first kappa shape index (κ1) is 16.6. The molecule has 4 nitrogen and oxygen atoms in total. The van der Waals surface area contributed by atoms with Crippen molar-refractivity contribution in [2.75, 3.05) is 0 Å². The summed E-state index contributed by atoms with van der Waals surface area (Å²) >= 11 is 13.4. The van der Waals surface area contributed by atoms with Crippen LogP contribution in [0.2, 0.25) is 10.0 Å². The summed E-state index contributed by atoms with van der Waals surface area (Å²) in [6, 6.07) is 11.5. The summed E-state index contributed by atoms with van der Waals surface area (Å²) in [5.41, 5.74) is 4.67. The molecule has 0 aliphatic rings. The molecule has 0 aliphatic heterocycles. The van der Waals surface area contributed by atoms with Gasteiger partial charge in [0.15, 0.2) is 0 Å². The minimum atomic E-state index is 0.575. The highest BCUT2D eigenvalue weighted by atomic mass is 35.5. The van der Waals surface area contributed by atoms with Crippen LogP contribution in [-0.4, -0.2) is 19.9 Å². The number of halogens is 2.